The SMILES string of the molecule is N#Cc1c(Cl)cccc1Oc1cccc(C(=O)N2CC[C@@H](O)C2)c1. The van der Waals surface area contributed by atoms with E-state index in [9.17, 15) is 15.2 Å². The summed E-state index contributed by atoms with van der Waals surface area (Å²) in [5.41, 5.74) is 0.723. The van der Waals surface area contributed by atoms with Gasteiger partial charge in [0, 0.05) is 18.7 Å². The van der Waals surface area contributed by atoms with Crippen LogP contribution in [0.2, 0.25) is 5.02 Å². The third-order valence-electron chi connectivity index (χ3n) is 3.85. The van der Waals surface area contributed by atoms with Gasteiger partial charge in [0.25, 0.3) is 5.91 Å². The molecule has 1 amide bonds. The Kier molecular flexibility index (Phi) is 4.70. The van der Waals surface area contributed by atoms with Gasteiger partial charge in [-0.2, -0.15) is 5.26 Å². The number of hydrogen-bond acceptors (Lipinski definition) is 4. The normalized spacial score (nSPS) is 16.7. The van der Waals surface area contributed by atoms with Gasteiger partial charge in [-0.15, -0.1) is 0 Å². The fourth-order valence-corrected chi connectivity index (χ4v) is 2.83. The Balaban J connectivity index is 1.83. The van der Waals surface area contributed by atoms with Crippen molar-refractivity contribution in [2.45, 2.75) is 12.5 Å². The van der Waals surface area contributed by atoms with Crippen molar-refractivity contribution in [1.82, 2.24) is 4.90 Å². The first-order valence-corrected chi connectivity index (χ1v) is 7.90. The second kappa shape index (κ2) is 6.91. The zero-order valence-electron chi connectivity index (χ0n) is 12.8. The van der Waals surface area contributed by atoms with Crippen LogP contribution >= 0.6 is 11.6 Å². The number of likely N-dealkylation sites (tertiary alicyclic amines) is 1. The van der Waals surface area contributed by atoms with Crippen LogP contribution in [-0.2, 0) is 0 Å². The monoisotopic (exact) mass is 342 g/mol. The maximum Gasteiger partial charge on any atom is 0.254 e. The standard InChI is InChI=1S/C18H15ClN2O3/c19-16-5-2-6-17(15(16)10-20)24-14-4-1-3-12(9-14)18(23)21-8-7-13(22)11-21/h1-6,9,13,22H,7-8,11H2/t13-/m1/s1. The Labute approximate surface area is 144 Å². The number of nitrogens with zero attached hydrogens (tertiary/aromatic N) is 2. The molecule has 2 aromatic rings. The predicted molar refractivity (Wildman–Crippen MR) is 89.2 cm³/mol. The molecule has 1 saturated heterocycles. The van der Waals surface area contributed by atoms with Crippen molar-refractivity contribution in [3.05, 3.63) is 58.6 Å². The van der Waals surface area contributed by atoms with Crippen LogP contribution in [0, 0.1) is 11.3 Å². The molecule has 5 nitrogen and oxygen atoms in total. The Bertz CT molecular complexity index is 816. The molecule has 1 aliphatic rings. The molecule has 0 saturated carbocycles. The van der Waals surface area contributed by atoms with Gasteiger partial charge in [-0.25, -0.2) is 0 Å². The lowest BCUT2D eigenvalue weighted by atomic mass is 10.2. The minimum absolute atomic E-state index is 0.149. The summed E-state index contributed by atoms with van der Waals surface area (Å²) in [6, 6.07) is 13.7. The summed E-state index contributed by atoms with van der Waals surface area (Å²) in [6.07, 6.45) is 0.133. The van der Waals surface area contributed by atoms with E-state index in [0.717, 1.165) is 0 Å². The highest BCUT2D eigenvalue weighted by molar-refractivity contribution is 6.31. The van der Waals surface area contributed by atoms with E-state index in [-0.39, 0.29) is 11.5 Å². The van der Waals surface area contributed by atoms with E-state index in [4.69, 9.17) is 16.3 Å². The molecule has 122 valence electrons. The summed E-state index contributed by atoms with van der Waals surface area (Å²) in [7, 11) is 0. The second-order valence-corrected chi connectivity index (χ2v) is 5.96. The van der Waals surface area contributed by atoms with Gasteiger partial charge in [0.1, 0.15) is 23.1 Å². The smallest absolute Gasteiger partial charge is 0.254 e. The lowest BCUT2D eigenvalue weighted by Gasteiger charge is -2.16. The molecule has 0 spiro atoms. The number of nitriles is 1. The van der Waals surface area contributed by atoms with Crippen LogP contribution in [0.15, 0.2) is 42.5 Å². The largest absolute Gasteiger partial charge is 0.456 e. The van der Waals surface area contributed by atoms with E-state index in [1.807, 2.05) is 6.07 Å². The topological polar surface area (TPSA) is 73.6 Å². The number of aliphatic hydroxyl groups excluding tert-OH is 1. The summed E-state index contributed by atoms with van der Waals surface area (Å²) >= 11 is 5.99. The van der Waals surface area contributed by atoms with Gasteiger partial charge in [-0.3, -0.25) is 4.79 Å². The molecule has 0 unspecified atom stereocenters. The fraction of sp³-hybridized carbons (Fsp3) is 0.222. The van der Waals surface area contributed by atoms with Crippen molar-refractivity contribution < 1.29 is 14.6 Å². The molecular weight excluding hydrogens is 328 g/mol. The zero-order valence-corrected chi connectivity index (χ0v) is 13.5. The number of β-amino-alcohol motifs (C(OH)–C–C–N with tert-alkyl or cyclic N) is 1. The summed E-state index contributed by atoms with van der Waals surface area (Å²) in [4.78, 5) is 14.1. The molecule has 1 N–H and O–H groups in total. The van der Waals surface area contributed by atoms with E-state index in [2.05, 4.69) is 0 Å². The number of benzene rings is 2. The minimum Gasteiger partial charge on any atom is -0.456 e. The van der Waals surface area contributed by atoms with Gasteiger partial charge in [-0.1, -0.05) is 23.7 Å². The second-order valence-electron chi connectivity index (χ2n) is 5.55. The van der Waals surface area contributed by atoms with E-state index in [0.29, 0.717) is 41.6 Å². The van der Waals surface area contributed by atoms with Gasteiger partial charge in [-0.05, 0) is 36.8 Å². The van der Waals surface area contributed by atoms with Gasteiger partial charge < -0.3 is 14.7 Å². The van der Waals surface area contributed by atoms with Crippen LogP contribution in [0.4, 0.5) is 0 Å². The maximum absolute atomic E-state index is 12.5. The molecule has 0 aromatic heterocycles. The minimum atomic E-state index is -0.460. The Hall–Kier alpha value is -2.55. The summed E-state index contributed by atoms with van der Waals surface area (Å²) < 4.78 is 5.73. The molecule has 2 aromatic carbocycles. The summed E-state index contributed by atoms with van der Waals surface area (Å²) in [6.45, 7) is 0.884. The lowest BCUT2D eigenvalue weighted by Crippen LogP contribution is -2.29. The number of aliphatic hydroxyl groups is 1. The summed E-state index contributed by atoms with van der Waals surface area (Å²) in [5, 5.41) is 19.1. The molecule has 1 aliphatic heterocycles. The number of rotatable bonds is 3. The first kappa shape index (κ1) is 16.3. The highest BCUT2D eigenvalue weighted by Crippen LogP contribution is 2.30. The van der Waals surface area contributed by atoms with E-state index in [1.165, 1.54) is 0 Å². The van der Waals surface area contributed by atoms with Crippen molar-refractivity contribution in [3.63, 3.8) is 0 Å². The zero-order chi connectivity index (χ0) is 17.1. The van der Waals surface area contributed by atoms with Crippen LogP contribution in [0.1, 0.15) is 22.3 Å². The highest BCUT2D eigenvalue weighted by atomic mass is 35.5. The number of ether oxygens (including phenoxy) is 1. The third-order valence-corrected chi connectivity index (χ3v) is 4.16. The maximum atomic E-state index is 12.5. The van der Waals surface area contributed by atoms with Gasteiger partial charge in [0.05, 0.1) is 11.1 Å². The van der Waals surface area contributed by atoms with Crippen molar-refractivity contribution in [3.8, 4) is 17.6 Å². The van der Waals surface area contributed by atoms with Crippen LogP contribution in [0.25, 0.3) is 0 Å². The molecule has 0 aliphatic carbocycles. The van der Waals surface area contributed by atoms with E-state index < -0.39 is 6.10 Å². The van der Waals surface area contributed by atoms with Gasteiger partial charge in [0.2, 0.25) is 0 Å². The van der Waals surface area contributed by atoms with E-state index in [1.54, 1.807) is 47.4 Å². The van der Waals surface area contributed by atoms with Crippen LogP contribution in [0.3, 0.4) is 0 Å². The average Bonchev–Trinajstić information content (AvgIpc) is 3.01. The number of hydrogen-bond donors (Lipinski definition) is 1. The molecule has 24 heavy (non-hydrogen) atoms. The first-order chi connectivity index (χ1) is 11.6. The van der Waals surface area contributed by atoms with Crippen molar-refractivity contribution in [2.24, 2.45) is 0 Å². The third kappa shape index (κ3) is 3.35. The number of carbonyl (C=O) groups excluding carboxylic acids is 1. The van der Waals surface area contributed by atoms with Crippen LogP contribution < -0.4 is 4.74 Å². The predicted octanol–water partition coefficient (Wildman–Crippen LogP) is 3.21. The first-order valence-electron chi connectivity index (χ1n) is 7.52. The average molecular weight is 343 g/mol. The van der Waals surface area contributed by atoms with E-state index >= 15 is 0 Å². The molecule has 0 radical (unpaired) electrons. The molecule has 6 heteroatoms. The molecular formula is C18H15ClN2O3. The van der Waals surface area contributed by atoms with Gasteiger partial charge >= 0.3 is 0 Å². The van der Waals surface area contributed by atoms with Crippen LogP contribution in [0.5, 0.6) is 11.5 Å². The highest BCUT2D eigenvalue weighted by Gasteiger charge is 2.25. The Morgan fingerprint density at radius 3 is 2.83 bits per heavy atom. The Morgan fingerprint density at radius 1 is 1.33 bits per heavy atom. The quantitative estimate of drug-likeness (QED) is 0.929. The number of amides is 1. The van der Waals surface area contributed by atoms with Crippen molar-refractivity contribution in [1.29, 1.82) is 5.26 Å². The van der Waals surface area contributed by atoms with Crippen molar-refractivity contribution >= 4 is 17.5 Å². The van der Waals surface area contributed by atoms with Crippen molar-refractivity contribution in [2.75, 3.05) is 13.1 Å². The molecule has 1 atom stereocenters. The molecule has 3 rings (SSSR count). The van der Waals surface area contributed by atoms with Crippen LogP contribution in [-0.4, -0.2) is 35.1 Å². The van der Waals surface area contributed by atoms with Gasteiger partial charge in [0.15, 0.2) is 0 Å². The molecule has 0 bridgehead atoms. The fourth-order valence-electron chi connectivity index (χ4n) is 2.63. The molecule has 1 heterocycles. The Morgan fingerprint density at radius 2 is 2.12 bits per heavy atom. The number of carbonyl (C=O) groups is 1. The summed E-state index contributed by atoms with van der Waals surface area (Å²) in [5.74, 6) is 0.633. The lowest BCUT2D eigenvalue weighted by molar-refractivity contribution is 0.0764. The number of halogens is 1. The molecule has 1 fully saturated rings.